The first-order valence-electron chi connectivity index (χ1n) is 4.44. The molecule has 0 heterocycles. The van der Waals surface area contributed by atoms with Crippen molar-refractivity contribution < 1.29 is 8.78 Å². The van der Waals surface area contributed by atoms with Crippen LogP contribution in [0.1, 0.15) is 18.4 Å². The zero-order chi connectivity index (χ0) is 10.3. The summed E-state index contributed by atoms with van der Waals surface area (Å²) in [6.07, 6.45) is 1.90. The Morgan fingerprint density at radius 2 is 1.86 bits per heavy atom. The Morgan fingerprint density at radius 1 is 1.29 bits per heavy atom. The molecule has 0 atom stereocenters. The minimum atomic E-state index is -0.826. The Labute approximate surface area is 89.4 Å². The lowest BCUT2D eigenvalue weighted by atomic mass is 9.96. The molecule has 0 spiro atoms. The van der Waals surface area contributed by atoms with Crippen LogP contribution in [0, 0.1) is 11.6 Å². The maximum absolute atomic E-state index is 13.0. The molecule has 0 radical (unpaired) electrons. The van der Waals surface area contributed by atoms with E-state index in [-0.39, 0.29) is 5.41 Å². The molecule has 76 valence electrons. The molecule has 2 N–H and O–H groups in total. The lowest BCUT2D eigenvalue weighted by Crippen LogP contribution is -2.20. The maximum Gasteiger partial charge on any atom is 0.159 e. The highest BCUT2D eigenvalue weighted by Crippen LogP contribution is 2.49. The van der Waals surface area contributed by atoms with Crippen molar-refractivity contribution in [1.29, 1.82) is 0 Å². The van der Waals surface area contributed by atoms with Crippen LogP contribution in [0.2, 0.25) is 0 Å². The molecule has 1 saturated carbocycles. The van der Waals surface area contributed by atoms with E-state index in [1.54, 1.807) is 0 Å². The third-order valence-corrected chi connectivity index (χ3v) is 3.48. The van der Waals surface area contributed by atoms with Crippen LogP contribution >= 0.6 is 15.9 Å². The molecule has 1 nitrogen and oxygen atoms in total. The topological polar surface area (TPSA) is 26.0 Å². The molecule has 0 aliphatic heterocycles. The van der Waals surface area contributed by atoms with Gasteiger partial charge < -0.3 is 5.73 Å². The van der Waals surface area contributed by atoms with Gasteiger partial charge in [-0.2, -0.15) is 0 Å². The van der Waals surface area contributed by atoms with E-state index >= 15 is 0 Å². The summed E-state index contributed by atoms with van der Waals surface area (Å²) in [5.74, 6) is -1.63. The summed E-state index contributed by atoms with van der Waals surface area (Å²) in [5, 5.41) is 0. The van der Waals surface area contributed by atoms with Crippen molar-refractivity contribution in [3.05, 3.63) is 33.8 Å². The van der Waals surface area contributed by atoms with Gasteiger partial charge in [-0.1, -0.05) is 15.9 Å². The highest BCUT2D eigenvalue weighted by molar-refractivity contribution is 9.10. The van der Waals surface area contributed by atoms with Gasteiger partial charge in [0.05, 0.1) is 0 Å². The van der Waals surface area contributed by atoms with Gasteiger partial charge in [-0.3, -0.25) is 0 Å². The predicted octanol–water partition coefficient (Wildman–Crippen LogP) is 2.72. The fourth-order valence-electron chi connectivity index (χ4n) is 1.66. The summed E-state index contributed by atoms with van der Waals surface area (Å²) >= 11 is 3.24. The van der Waals surface area contributed by atoms with Crippen LogP contribution in [0.5, 0.6) is 0 Å². The highest BCUT2D eigenvalue weighted by atomic mass is 79.9. The van der Waals surface area contributed by atoms with E-state index in [0.717, 1.165) is 18.4 Å². The molecule has 0 unspecified atom stereocenters. The molecule has 0 aromatic heterocycles. The Morgan fingerprint density at radius 3 is 2.36 bits per heavy atom. The summed E-state index contributed by atoms with van der Waals surface area (Å²) in [6.45, 7) is 0.483. The minimum Gasteiger partial charge on any atom is -0.330 e. The van der Waals surface area contributed by atoms with Gasteiger partial charge >= 0.3 is 0 Å². The van der Waals surface area contributed by atoms with Crippen molar-refractivity contribution in [3.8, 4) is 0 Å². The number of benzene rings is 1. The average Bonchev–Trinajstić information content (AvgIpc) is 2.92. The fourth-order valence-corrected chi connectivity index (χ4v) is 2.40. The second-order valence-corrected chi connectivity index (χ2v) is 4.58. The second kappa shape index (κ2) is 3.28. The molecule has 1 aliphatic carbocycles. The molecule has 1 aromatic rings. The standard InChI is InChI=1S/C10H10BrF2N/c11-7-4-9(13)8(12)3-6(7)10(5-14)1-2-10/h3-4H,1-2,5,14H2. The van der Waals surface area contributed by atoms with Crippen LogP contribution in [0.4, 0.5) is 8.78 Å². The number of rotatable bonds is 2. The number of hydrogen-bond acceptors (Lipinski definition) is 1. The van der Waals surface area contributed by atoms with Gasteiger partial charge in [0.2, 0.25) is 0 Å². The van der Waals surface area contributed by atoms with Crippen LogP contribution in [0.15, 0.2) is 16.6 Å². The summed E-state index contributed by atoms with van der Waals surface area (Å²) in [4.78, 5) is 0. The lowest BCUT2D eigenvalue weighted by molar-refractivity contribution is 0.503. The number of nitrogens with two attached hydrogens (primary N) is 1. The van der Waals surface area contributed by atoms with Gasteiger partial charge in [-0.25, -0.2) is 8.78 Å². The quantitative estimate of drug-likeness (QED) is 0.815. The van der Waals surface area contributed by atoms with Gasteiger partial charge in [0.15, 0.2) is 11.6 Å². The molecular formula is C10H10BrF2N. The summed E-state index contributed by atoms with van der Waals surface area (Å²) in [5.41, 5.74) is 6.29. The monoisotopic (exact) mass is 261 g/mol. The van der Waals surface area contributed by atoms with E-state index < -0.39 is 11.6 Å². The van der Waals surface area contributed by atoms with Crippen LogP contribution < -0.4 is 5.73 Å². The van der Waals surface area contributed by atoms with Gasteiger partial charge in [-0.15, -0.1) is 0 Å². The number of halogens is 3. The first-order valence-corrected chi connectivity index (χ1v) is 5.23. The SMILES string of the molecule is NCC1(c2cc(F)c(F)cc2Br)CC1. The average molecular weight is 262 g/mol. The fraction of sp³-hybridized carbons (Fsp3) is 0.400. The third-order valence-electron chi connectivity index (χ3n) is 2.83. The maximum atomic E-state index is 13.0. The van der Waals surface area contributed by atoms with Crippen LogP contribution in [0.3, 0.4) is 0 Å². The zero-order valence-electron chi connectivity index (χ0n) is 7.49. The molecule has 0 saturated heterocycles. The summed E-state index contributed by atoms with van der Waals surface area (Å²) in [6, 6.07) is 2.42. The van der Waals surface area contributed by atoms with Crippen molar-refractivity contribution >= 4 is 15.9 Å². The Hall–Kier alpha value is -0.480. The summed E-state index contributed by atoms with van der Waals surface area (Å²) in [7, 11) is 0. The van der Waals surface area contributed by atoms with E-state index in [4.69, 9.17) is 5.73 Å². The Kier molecular flexibility index (Phi) is 2.35. The second-order valence-electron chi connectivity index (χ2n) is 3.73. The zero-order valence-corrected chi connectivity index (χ0v) is 9.07. The summed E-state index contributed by atoms with van der Waals surface area (Å²) < 4.78 is 26.5. The van der Waals surface area contributed by atoms with Gasteiger partial charge in [0.1, 0.15) is 0 Å². The molecule has 1 fully saturated rings. The highest BCUT2D eigenvalue weighted by Gasteiger charge is 2.44. The van der Waals surface area contributed by atoms with Crippen LogP contribution in [-0.4, -0.2) is 6.54 Å². The largest absolute Gasteiger partial charge is 0.330 e. The van der Waals surface area contributed by atoms with Gasteiger partial charge in [-0.05, 0) is 30.5 Å². The molecule has 2 rings (SSSR count). The molecular weight excluding hydrogens is 252 g/mol. The molecule has 0 bridgehead atoms. The third kappa shape index (κ3) is 1.46. The van der Waals surface area contributed by atoms with Crippen molar-refractivity contribution in [2.75, 3.05) is 6.54 Å². The molecule has 4 heteroatoms. The van der Waals surface area contributed by atoms with E-state index in [1.165, 1.54) is 12.1 Å². The van der Waals surface area contributed by atoms with Crippen molar-refractivity contribution in [2.45, 2.75) is 18.3 Å². The van der Waals surface area contributed by atoms with E-state index in [1.807, 2.05) is 0 Å². The predicted molar refractivity (Wildman–Crippen MR) is 54.0 cm³/mol. The van der Waals surface area contributed by atoms with E-state index in [2.05, 4.69) is 15.9 Å². The van der Waals surface area contributed by atoms with Crippen LogP contribution in [-0.2, 0) is 5.41 Å². The van der Waals surface area contributed by atoms with Crippen molar-refractivity contribution in [3.63, 3.8) is 0 Å². The van der Waals surface area contributed by atoms with Crippen molar-refractivity contribution in [2.24, 2.45) is 5.73 Å². The molecule has 14 heavy (non-hydrogen) atoms. The van der Waals surface area contributed by atoms with E-state index in [9.17, 15) is 8.78 Å². The first-order chi connectivity index (χ1) is 6.59. The first kappa shape index (κ1) is 10.1. The number of hydrogen-bond donors (Lipinski definition) is 1. The lowest BCUT2D eigenvalue weighted by Gasteiger charge is -2.15. The normalized spacial score (nSPS) is 18.3. The van der Waals surface area contributed by atoms with Crippen LogP contribution in [0.25, 0.3) is 0 Å². The molecule has 0 amide bonds. The van der Waals surface area contributed by atoms with Gasteiger partial charge in [0.25, 0.3) is 0 Å². The Balaban J connectivity index is 2.49. The molecule has 1 aliphatic rings. The Bertz CT molecular complexity index is 375. The van der Waals surface area contributed by atoms with Crippen molar-refractivity contribution in [1.82, 2.24) is 0 Å². The smallest absolute Gasteiger partial charge is 0.159 e. The van der Waals surface area contributed by atoms with E-state index in [0.29, 0.717) is 11.0 Å². The molecule has 1 aromatic carbocycles. The van der Waals surface area contributed by atoms with Gasteiger partial charge in [0, 0.05) is 16.4 Å². The minimum absolute atomic E-state index is 0.118.